The van der Waals surface area contributed by atoms with Crippen LogP contribution in [-0.2, 0) is 12.6 Å². The van der Waals surface area contributed by atoms with Crippen molar-refractivity contribution >= 4 is 17.3 Å². The molecule has 148 valence electrons. The van der Waals surface area contributed by atoms with Gasteiger partial charge in [-0.3, -0.25) is 14.2 Å². The minimum Gasteiger partial charge on any atom is -0.280 e. The van der Waals surface area contributed by atoms with Crippen molar-refractivity contribution in [2.45, 2.75) is 25.3 Å². The second-order valence-electron chi connectivity index (χ2n) is 8.04. The van der Waals surface area contributed by atoms with Crippen molar-refractivity contribution in [1.82, 2.24) is 24.5 Å². The highest BCUT2D eigenvalue weighted by Gasteiger charge is 2.51. The van der Waals surface area contributed by atoms with Crippen molar-refractivity contribution in [1.29, 1.82) is 0 Å². The molecule has 1 saturated carbocycles. The summed E-state index contributed by atoms with van der Waals surface area (Å²) in [7, 11) is 1.93. The minimum absolute atomic E-state index is 0.302. The predicted octanol–water partition coefficient (Wildman–Crippen LogP) is 4.47. The Morgan fingerprint density at radius 2 is 1.73 bits per heavy atom. The minimum atomic E-state index is -0.302. The first kappa shape index (κ1) is 17.6. The highest BCUT2D eigenvalue weighted by Crippen LogP contribution is 2.51. The van der Waals surface area contributed by atoms with Gasteiger partial charge in [0.1, 0.15) is 11.4 Å². The van der Waals surface area contributed by atoms with Gasteiger partial charge in [0.25, 0.3) is 0 Å². The fourth-order valence-corrected chi connectivity index (χ4v) is 4.35. The predicted molar refractivity (Wildman–Crippen MR) is 116 cm³/mol. The fraction of sp³-hybridized carbons (Fsp3) is 0.217. The van der Waals surface area contributed by atoms with E-state index in [1.165, 1.54) is 0 Å². The highest BCUT2D eigenvalue weighted by molar-refractivity contribution is 6.30. The standard InChI is InChI=1S/C23H19ClN6/c1-14-27-28-22-23(9-10-23)26-21(15-3-6-18(24)7-4-15)19-11-16(5-8-20(19)30(14)22)17-12-25-29(2)13-17/h3-8,11-13H,9-10H2,1-2H3. The van der Waals surface area contributed by atoms with E-state index in [0.29, 0.717) is 5.02 Å². The van der Waals surface area contributed by atoms with Crippen LogP contribution in [-0.4, -0.2) is 30.3 Å². The van der Waals surface area contributed by atoms with Gasteiger partial charge in [0.15, 0.2) is 5.82 Å². The molecule has 1 aliphatic heterocycles. The van der Waals surface area contributed by atoms with Crippen molar-refractivity contribution in [2.75, 3.05) is 0 Å². The van der Waals surface area contributed by atoms with Crippen molar-refractivity contribution < 1.29 is 0 Å². The Bertz CT molecular complexity index is 1320. The number of benzene rings is 2. The summed E-state index contributed by atoms with van der Waals surface area (Å²) in [6, 6.07) is 14.4. The molecular weight excluding hydrogens is 396 g/mol. The molecule has 1 fully saturated rings. The second-order valence-corrected chi connectivity index (χ2v) is 8.48. The zero-order valence-corrected chi connectivity index (χ0v) is 17.4. The lowest BCUT2D eigenvalue weighted by atomic mass is 9.96. The number of aryl methyl sites for hydroxylation is 2. The molecule has 4 aromatic rings. The number of hydrogen-bond acceptors (Lipinski definition) is 4. The number of nitrogens with zero attached hydrogens (tertiary/aromatic N) is 6. The van der Waals surface area contributed by atoms with Gasteiger partial charge in [0.05, 0.1) is 17.6 Å². The third-order valence-electron chi connectivity index (χ3n) is 5.94. The second kappa shape index (κ2) is 6.12. The molecule has 7 heteroatoms. The Morgan fingerprint density at radius 1 is 0.967 bits per heavy atom. The van der Waals surface area contributed by atoms with Gasteiger partial charge in [-0.15, -0.1) is 10.2 Å². The van der Waals surface area contributed by atoms with Crippen LogP contribution in [0.5, 0.6) is 0 Å². The summed E-state index contributed by atoms with van der Waals surface area (Å²) in [5.41, 5.74) is 6.00. The first-order valence-corrected chi connectivity index (χ1v) is 10.3. The van der Waals surface area contributed by atoms with Gasteiger partial charge in [-0.2, -0.15) is 5.10 Å². The molecular formula is C23H19ClN6. The molecule has 6 rings (SSSR count). The fourth-order valence-electron chi connectivity index (χ4n) is 4.23. The molecule has 0 bridgehead atoms. The maximum absolute atomic E-state index is 6.16. The molecule has 30 heavy (non-hydrogen) atoms. The Labute approximate surface area is 178 Å². The Morgan fingerprint density at radius 3 is 2.43 bits per heavy atom. The molecule has 0 radical (unpaired) electrons. The molecule has 3 heterocycles. The smallest absolute Gasteiger partial charge is 0.165 e. The summed E-state index contributed by atoms with van der Waals surface area (Å²) in [5, 5.41) is 14.0. The molecule has 0 saturated heterocycles. The Kier molecular flexibility index (Phi) is 3.59. The van der Waals surface area contributed by atoms with Crippen LogP contribution >= 0.6 is 11.6 Å². The van der Waals surface area contributed by atoms with Crippen LogP contribution < -0.4 is 0 Å². The normalized spacial score (nSPS) is 16.0. The van der Waals surface area contributed by atoms with Gasteiger partial charge in [0.2, 0.25) is 0 Å². The van der Waals surface area contributed by atoms with Crippen LogP contribution in [0.1, 0.15) is 35.6 Å². The van der Waals surface area contributed by atoms with Crippen LogP contribution in [0, 0.1) is 6.92 Å². The molecule has 0 unspecified atom stereocenters. The van der Waals surface area contributed by atoms with Gasteiger partial charge < -0.3 is 0 Å². The van der Waals surface area contributed by atoms with Crippen LogP contribution in [0.25, 0.3) is 16.8 Å². The molecule has 1 aliphatic carbocycles. The first-order valence-electron chi connectivity index (χ1n) is 9.96. The Balaban J connectivity index is 1.65. The van der Waals surface area contributed by atoms with E-state index in [0.717, 1.165) is 58.1 Å². The molecule has 0 amide bonds. The first-order chi connectivity index (χ1) is 14.5. The SMILES string of the molecule is Cc1nnc2n1-c1ccc(-c3cnn(C)c3)cc1C(c1ccc(Cl)cc1)=NC21CC1. The van der Waals surface area contributed by atoms with Crippen LogP contribution in [0.3, 0.4) is 0 Å². The average molecular weight is 415 g/mol. The van der Waals surface area contributed by atoms with Gasteiger partial charge in [-0.25, -0.2) is 0 Å². The molecule has 6 nitrogen and oxygen atoms in total. The van der Waals surface area contributed by atoms with E-state index in [4.69, 9.17) is 16.6 Å². The van der Waals surface area contributed by atoms with E-state index in [2.05, 4.69) is 38.1 Å². The third kappa shape index (κ3) is 2.57. The summed E-state index contributed by atoms with van der Waals surface area (Å²) in [6.07, 6.45) is 5.86. The van der Waals surface area contributed by atoms with Gasteiger partial charge in [-0.05, 0) is 49.6 Å². The number of halogens is 1. The monoisotopic (exact) mass is 414 g/mol. The average Bonchev–Trinajstić information content (AvgIpc) is 3.26. The van der Waals surface area contributed by atoms with Crippen molar-refractivity contribution in [2.24, 2.45) is 12.0 Å². The van der Waals surface area contributed by atoms with E-state index in [9.17, 15) is 0 Å². The lowest BCUT2D eigenvalue weighted by molar-refractivity contribution is 0.659. The van der Waals surface area contributed by atoms with E-state index in [1.807, 2.05) is 55.3 Å². The zero-order chi connectivity index (χ0) is 20.5. The lowest BCUT2D eigenvalue weighted by Crippen LogP contribution is -2.11. The van der Waals surface area contributed by atoms with Crippen LogP contribution in [0.4, 0.5) is 0 Å². The molecule has 0 N–H and O–H groups in total. The van der Waals surface area contributed by atoms with Crippen molar-refractivity contribution in [3.63, 3.8) is 0 Å². The van der Waals surface area contributed by atoms with E-state index >= 15 is 0 Å². The van der Waals surface area contributed by atoms with Crippen LogP contribution in [0.2, 0.25) is 5.02 Å². The molecule has 2 aliphatic rings. The number of rotatable bonds is 2. The number of aliphatic imine (C=N–C) groups is 1. The van der Waals surface area contributed by atoms with Gasteiger partial charge in [-0.1, -0.05) is 29.8 Å². The van der Waals surface area contributed by atoms with Crippen molar-refractivity contribution in [3.05, 3.63) is 82.7 Å². The summed E-state index contributed by atoms with van der Waals surface area (Å²) in [6.45, 7) is 2.00. The Hall–Kier alpha value is -3.25. The van der Waals surface area contributed by atoms with E-state index in [-0.39, 0.29) is 5.54 Å². The van der Waals surface area contributed by atoms with Gasteiger partial charge in [0, 0.05) is 35.0 Å². The lowest BCUT2D eigenvalue weighted by Gasteiger charge is -2.14. The largest absolute Gasteiger partial charge is 0.280 e. The maximum Gasteiger partial charge on any atom is 0.165 e. The molecule has 0 atom stereocenters. The van der Waals surface area contributed by atoms with E-state index < -0.39 is 0 Å². The number of aromatic nitrogens is 5. The molecule has 1 spiro atoms. The highest BCUT2D eigenvalue weighted by atomic mass is 35.5. The quantitative estimate of drug-likeness (QED) is 0.486. The molecule has 2 aromatic carbocycles. The summed E-state index contributed by atoms with van der Waals surface area (Å²) in [4.78, 5) is 5.28. The zero-order valence-electron chi connectivity index (χ0n) is 16.7. The molecule has 2 aromatic heterocycles. The van der Waals surface area contributed by atoms with Gasteiger partial charge >= 0.3 is 0 Å². The number of fused-ring (bicyclic) bond motifs is 4. The van der Waals surface area contributed by atoms with Crippen molar-refractivity contribution in [3.8, 4) is 16.8 Å². The topological polar surface area (TPSA) is 60.9 Å². The summed E-state index contributed by atoms with van der Waals surface area (Å²) < 4.78 is 3.98. The van der Waals surface area contributed by atoms with E-state index in [1.54, 1.807) is 0 Å². The van der Waals surface area contributed by atoms with Crippen LogP contribution in [0.15, 0.2) is 59.9 Å². The summed E-state index contributed by atoms with van der Waals surface area (Å²) in [5.74, 6) is 1.80. The third-order valence-corrected chi connectivity index (χ3v) is 6.19. The maximum atomic E-state index is 6.16. The number of hydrogen-bond donors (Lipinski definition) is 0. The summed E-state index contributed by atoms with van der Waals surface area (Å²) >= 11 is 6.16.